The monoisotopic (exact) mass is 441 g/mol. The van der Waals surface area contributed by atoms with Crippen molar-refractivity contribution in [3.63, 3.8) is 0 Å². The first-order chi connectivity index (χ1) is 16.2. The van der Waals surface area contributed by atoms with Crippen LogP contribution in [0.15, 0.2) is 67.1 Å². The van der Waals surface area contributed by atoms with E-state index < -0.39 is 0 Å². The third kappa shape index (κ3) is 6.53. The average molecular weight is 442 g/mol. The van der Waals surface area contributed by atoms with Crippen LogP contribution in [0.1, 0.15) is 35.2 Å². The van der Waals surface area contributed by atoms with Gasteiger partial charge in [0.2, 0.25) is 5.91 Å². The van der Waals surface area contributed by atoms with Gasteiger partial charge in [-0.3, -0.25) is 4.79 Å². The van der Waals surface area contributed by atoms with Gasteiger partial charge in [0.15, 0.2) is 0 Å². The van der Waals surface area contributed by atoms with Gasteiger partial charge in [0, 0.05) is 44.5 Å². The largest absolute Gasteiger partial charge is 0.355 e. The number of rotatable bonds is 9. The van der Waals surface area contributed by atoms with Gasteiger partial charge in [0.25, 0.3) is 0 Å². The number of likely N-dealkylation sites (tertiary alicyclic amines) is 1. The summed E-state index contributed by atoms with van der Waals surface area (Å²) in [4.78, 5) is 19.5. The number of piperidine rings is 1. The first kappa shape index (κ1) is 22.8. The number of aromatic nitrogens is 2. The van der Waals surface area contributed by atoms with Crippen LogP contribution in [0.25, 0.3) is 0 Å². The van der Waals surface area contributed by atoms with E-state index in [1.165, 1.54) is 5.56 Å². The Bertz CT molecular complexity index is 1070. The number of amides is 1. The molecule has 1 aromatic heterocycles. The number of nitrogens with one attached hydrogen (secondary N) is 1. The molecule has 170 valence electrons. The van der Waals surface area contributed by atoms with Crippen LogP contribution in [0.5, 0.6) is 0 Å². The number of hydrogen-bond donors (Lipinski definition) is 1. The van der Waals surface area contributed by atoms with E-state index in [1.54, 1.807) is 0 Å². The second kappa shape index (κ2) is 11.4. The molecule has 2 aromatic carbocycles. The molecule has 0 aliphatic carbocycles. The van der Waals surface area contributed by atoms with E-state index in [1.807, 2.05) is 42.9 Å². The van der Waals surface area contributed by atoms with Crippen molar-refractivity contribution in [2.45, 2.75) is 32.2 Å². The Morgan fingerprint density at radius 1 is 1.09 bits per heavy atom. The SMILES string of the molecule is N#Cc1ccc(Cn2cncc2CCNC(=O)[C@H]2CCCN(CCc3ccccc3)C2)cc1. The van der Waals surface area contributed by atoms with E-state index in [0.29, 0.717) is 18.7 Å². The van der Waals surface area contributed by atoms with Crippen LogP contribution in [-0.4, -0.2) is 46.5 Å². The molecule has 0 radical (unpaired) electrons. The molecule has 1 fully saturated rings. The molecule has 4 rings (SSSR count). The molecule has 6 nitrogen and oxygen atoms in total. The normalized spacial score (nSPS) is 16.3. The van der Waals surface area contributed by atoms with Crippen LogP contribution in [0.2, 0.25) is 0 Å². The summed E-state index contributed by atoms with van der Waals surface area (Å²) in [6, 6.07) is 20.3. The highest BCUT2D eigenvalue weighted by atomic mass is 16.1. The zero-order valence-corrected chi connectivity index (χ0v) is 19.0. The first-order valence-corrected chi connectivity index (χ1v) is 11.7. The highest BCUT2D eigenvalue weighted by molar-refractivity contribution is 5.78. The second-order valence-electron chi connectivity index (χ2n) is 8.74. The van der Waals surface area contributed by atoms with E-state index in [-0.39, 0.29) is 11.8 Å². The molecule has 3 aromatic rings. The van der Waals surface area contributed by atoms with Crippen molar-refractivity contribution < 1.29 is 4.79 Å². The third-order valence-corrected chi connectivity index (χ3v) is 6.35. The molecule has 1 saturated heterocycles. The van der Waals surface area contributed by atoms with Gasteiger partial charge in [-0.05, 0) is 49.1 Å². The minimum atomic E-state index is 0.0677. The van der Waals surface area contributed by atoms with E-state index in [2.05, 4.69) is 50.1 Å². The Hall–Kier alpha value is -3.43. The van der Waals surface area contributed by atoms with E-state index in [9.17, 15) is 4.79 Å². The number of imidazole rings is 1. The number of hydrogen-bond acceptors (Lipinski definition) is 4. The predicted molar refractivity (Wildman–Crippen MR) is 129 cm³/mol. The van der Waals surface area contributed by atoms with Crippen molar-refractivity contribution in [1.29, 1.82) is 5.26 Å². The summed E-state index contributed by atoms with van der Waals surface area (Å²) in [5, 5.41) is 12.1. The molecular formula is C27H31N5O. The molecule has 1 aliphatic rings. The van der Waals surface area contributed by atoms with Crippen molar-refractivity contribution in [3.8, 4) is 6.07 Å². The summed E-state index contributed by atoms with van der Waals surface area (Å²) in [6.07, 6.45) is 7.49. The van der Waals surface area contributed by atoms with Crippen molar-refractivity contribution in [2.75, 3.05) is 26.2 Å². The van der Waals surface area contributed by atoms with Gasteiger partial charge in [0.1, 0.15) is 0 Å². The number of benzene rings is 2. The predicted octanol–water partition coefficient (Wildman–Crippen LogP) is 3.42. The van der Waals surface area contributed by atoms with Crippen LogP contribution in [0.3, 0.4) is 0 Å². The maximum Gasteiger partial charge on any atom is 0.224 e. The number of carbonyl (C=O) groups is 1. The van der Waals surface area contributed by atoms with E-state index in [0.717, 1.165) is 56.6 Å². The minimum Gasteiger partial charge on any atom is -0.355 e. The van der Waals surface area contributed by atoms with Crippen molar-refractivity contribution >= 4 is 5.91 Å². The number of nitriles is 1. The zero-order valence-electron chi connectivity index (χ0n) is 19.0. The lowest BCUT2D eigenvalue weighted by atomic mass is 9.96. The van der Waals surface area contributed by atoms with Gasteiger partial charge in [-0.15, -0.1) is 0 Å². The highest BCUT2D eigenvalue weighted by Crippen LogP contribution is 2.17. The lowest BCUT2D eigenvalue weighted by Gasteiger charge is -2.32. The Morgan fingerprint density at radius 2 is 1.91 bits per heavy atom. The topological polar surface area (TPSA) is 74.0 Å². The van der Waals surface area contributed by atoms with Crippen LogP contribution < -0.4 is 5.32 Å². The van der Waals surface area contributed by atoms with Gasteiger partial charge in [-0.25, -0.2) is 4.98 Å². The van der Waals surface area contributed by atoms with Crippen LogP contribution in [-0.2, 0) is 24.2 Å². The first-order valence-electron chi connectivity index (χ1n) is 11.7. The minimum absolute atomic E-state index is 0.0677. The molecule has 1 aliphatic heterocycles. The van der Waals surface area contributed by atoms with Gasteiger partial charge >= 0.3 is 0 Å². The fourth-order valence-electron chi connectivity index (χ4n) is 4.44. The molecule has 1 atom stereocenters. The molecule has 0 spiro atoms. The Kier molecular flexibility index (Phi) is 7.89. The molecular weight excluding hydrogens is 410 g/mol. The fourth-order valence-corrected chi connectivity index (χ4v) is 4.44. The summed E-state index contributed by atoms with van der Waals surface area (Å²) in [7, 11) is 0. The summed E-state index contributed by atoms with van der Waals surface area (Å²) in [5.74, 6) is 0.232. The standard InChI is InChI=1S/C27H31N5O/c28-17-23-8-10-24(11-9-23)19-32-21-29-18-26(32)12-14-30-27(33)25-7-4-15-31(20-25)16-13-22-5-2-1-3-6-22/h1-3,5-6,8-11,18,21,25H,4,7,12-16,19-20H2,(H,30,33)/t25-/m0/s1. The van der Waals surface area contributed by atoms with E-state index >= 15 is 0 Å². The number of nitrogens with zero attached hydrogens (tertiary/aromatic N) is 4. The quantitative estimate of drug-likeness (QED) is 0.552. The molecule has 0 bridgehead atoms. The highest BCUT2D eigenvalue weighted by Gasteiger charge is 2.25. The van der Waals surface area contributed by atoms with Gasteiger partial charge < -0.3 is 14.8 Å². The van der Waals surface area contributed by atoms with Crippen molar-refractivity contribution in [1.82, 2.24) is 19.8 Å². The van der Waals surface area contributed by atoms with E-state index in [4.69, 9.17) is 5.26 Å². The van der Waals surface area contributed by atoms with Gasteiger partial charge in [0.05, 0.1) is 23.9 Å². The molecule has 6 heteroatoms. The smallest absolute Gasteiger partial charge is 0.224 e. The molecule has 0 saturated carbocycles. The zero-order chi connectivity index (χ0) is 22.9. The maximum absolute atomic E-state index is 12.8. The van der Waals surface area contributed by atoms with Crippen LogP contribution in [0.4, 0.5) is 0 Å². The lowest BCUT2D eigenvalue weighted by molar-refractivity contribution is -0.126. The summed E-state index contributed by atoms with van der Waals surface area (Å²) >= 11 is 0. The Morgan fingerprint density at radius 3 is 2.70 bits per heavy atom. The fraction of sp³-hybridized carbons (Fsp3) is 0.370. The lowest BCUT2D eigenvalue weighted by Crippen LogP contribution is -2.44. The van der Waals surface area contributed by atoms with Crippen LogP contribution in [0, 0.1) is 17.2 Å². The van der Waals surface area contributed by atoms with Crippen molar-refractivity contribution in [2.24, 2.45) is 5.92 Å². The molecule has 0 unspecified atom stereocenters. The second-order valence-corrected chi connectivity index (χ2v) is 8.74. The molecule has 1 amide bonds. The summed E-state index contributed by atoms with van der Waals surface area (Å²) < 4.78 is 2.10. The Labute approximate surface area is 195 Å². The van der Waals surface area contributed by atoms with Crippen molar-refractivity contribution in [3.05, 3.63) is 89.5 Å². The van der Waals surface area contributed by atoms with Gasteiger partial charge in [-0.2, -0.15) is 5.26 Å². The molecule has 2 heterocycles. The Balaban J connectivity index is 1.22. The maximum atomic E-state index is 12.8. The summed E-state index contributed by atoms with van der Waals surface area (Å²) in [6.45, 7) is 4.23. The third-order valence-electron chi connectivity index (χ3n) is 6.35. The molecule has 1 N–H and O–H groups in total. The number of carbonyl (C=O) groups excluding carboxylic acids is 1. The molecule has 33 heavy (non-hydrogen) atoms. The van der Waals surface area contributed by atoms with Crippen LogP contribution >= 0.6 is 0 Å². The van der Waals surface area contributed by atoms with Gasteiger partial charge in [-0.1, -0.05) is 42.5 Å². The average Bonchev–Trinajstić information content (AvgIpc) is 3.30. The summed E-state index contributed by atoms with van der Waals surface area (Å²) in [5.41, 5.74) is 4.22.